The van der Waals surface area contributed by atoms with Gasteiger partial charge in [-0.05, 0) is 63.8 Å². The molecule has 21 heavy (non-hydrogen) atoms. The molecule has 0 radical (unpaired) electrons. The lowest BCUT2D eigenvalue weighted by Gasteiger charge is -2.31. The molecule has 0 bridgehead atoms. The van der Waals surface area contributed by atoms with Gasteiger partial charge in [0.2, 0.25) is 0 Å². The standard InChI is InChI=1S/C17H25NO3/c1-13-6-7-14(2)15(12-13)21-11-5-10-18-9-4-8-17(18,3)16(19)20/h6-7,12H,4-5,8-11H2,1-3H3,(H,19,20). The zero-order valence-electron chi connectivity index (χ0n) is 13.2. The summed E-state index contributed by atoms with van der Waals surface area (Å²) in [5.74, 6) is 0.216. The van der Waals surface area contributed by atoms with Crippen molar-refractivity contribution in [3.05, 3.63) is 29.3 Å². The van der Waals surface area contributed by atoms with E-state index in [2.05, 4.69) is 24.0 Å². The fraction of sp³-hybridized carbons (Fsp3) is 0.588. The summed E-state index contributed by atoms with van der Waals surface area (Å²) in [5.41, 5.74) is 1.63. The van der Waals surface area contributed by atoms with Gasteiger partial charge in [0.25, 0.3) is 0 Å². The number of aryl methyl sites for hydroxylation is 2. The van der Waals surface area contributed by atoms with Crippen molar-refractivity contribution in [1.82, 2.24) is 4.90 Å². The first kappa shape index (κ1) is 15.8. The lowest BCUT2D eigenvalue weighted by molar-refractivity contribution is -0.148. The average molecular weight is 291 g/mol. The maximum Gasteiger partial charge on any atom is 0.323 e. The van der Waals surface area contributed by atoms with Gasteiger partial charge in [-0.15, -0.1) is 0 Å². The molecule has 2 rings (SSSR count). The van der Waals surface area contributed by atoms with Gasteiger partial charge in [-0.25, -0.2) is 0 Å². The van der Waals surface area contributed by atoms with Crippen molar-refractivity contribution < 1.29 is 14.6 Å². The van der Waals surface area contributed by atoms with Gasteiger partial charge in [-0.1, -0.05) is 12.1 Å². The molecule has 0 saturated carbocycles. The van der Waals surface area contributed by atoms with E-state index in [4.69, 9.17) is 4.74 Å². The van der Waals surface area contributed by atoms with Crippen LogP contribution in [0.2, 0.25) is 0 Å². The Labute approximate surface area is 126 Å². The smallest absolute Gasteiger partial charge is 0.323 e. The van der Waals surface area contributed by atoms with E-state index in [-0.39, 0.29) is 0 Å². The van der Waals surface area contributed by atoms with Gasteiger partial charge in [0.15, 0.2) is 0 Å². The van der Waals surface area contributed by atoms with E-state index in [1.807, 2.05) is 19.9 Å². The molecule has 1 atom stereocenters. The van der Waals surface area contributed by atoms with Crippen molar-refractivity contribution in [1.29, 1.82) is 0 Å². The summed E-state index contributed by atoms with van der Waals surface area (Å²) in [6, 6.07) is 6.18. The van der Waals surface area contributed by atoms with Crippen molar-refractivity contribution in [2.45, 2.75) is 45.6 Å². The number of carboxylic acids is 1. The number of nitrogens with zero attached hydrogens (tertiary/aromatic N) is 1. The van der Waals surface area contributed by atoms with Crippen LogP contribution in [0.15, 0.2) is 18.2 Å². The number of carbonyl (C=O) groups is 1. The maximum absolute atomic E-state index is 11.4. The number of ether oxygens (including phenoxy) is 1. The predicted octanol–water partition coefficient (Wildman–Crippen LogP) is 3.01. The molecule has 0 aliphatic carbocycles. The maximum atomic E-state index is 11.4. The van der Waals surface area contributed by atoms with Gasteiger partial charge in [0, 0.05) is 6.54 Å². The molecule has 1 aliphatic rings. The van der Waals surface area contributed by atoms with Gasteiger partial charge in [-0.3, -0.25) is 9.69 Å². The third-order valence-electron chi connectivity index (χ3n) is 4.42. The van der Waals surface area contributed by atoms with Gasteiger partial charge >= 0.3 is 5.97 Å². The van der Waals surface area contributed by atoms with E-state index < -0.39 is 11.5 Å². The highest BCUT2D eigenvalue weighted by Gasteiger charge is 2.42. The molecule has 1 aromatic carbocycles. The first-order valence-corrected chi connectivity index (χ1v) is 7.62. The monoisotopic (exact) mass is 291 g/mol. The summed E-state index contributed by atoms with van der Waals surface area (Å²) < 4.78 is 5.83. The summed E-state index contributed by atoms with van der Waals surface area (Å²) in [4.78, 5) is 13.5. The molecular formula is C17H25NO3. The minimum Gasteiger partial charge on any atom is -0.493 e. The highest BCUT2D eigenvalue weighted by atomic mass is 16.5. The predicted molar refractivity (Wildman–Crippen MR) is 82.9 cm³/mol. The summed E-state index contributed by atoms with van der Waals surface area (Å²) in [6.07, 6.45) is 2.54. The number of rotatable bonds is 6. The molecule has 1 N–H and O–H groups in total. The van der Waals surface area contributed by atoms with Crippen LogP contribution in [0.5, 0.6) is 5.75 Å². The zero-order chi connectivity index (χ0) is 15.5. The summed E-state index contributed by atoms with van der Waals surface area (Å²) in [6.45, 7) is 8.18. The van der Waals surface area contributed by atoms with E-state index in [1.165, 1.54) is 5.56 Å². The lowest BCUT2D eigenvalue weighted by atomic mass is 9.99. The molecule has 4 nitrogen and oxygen atoms in total. The van der Waals surface area contributed by atoms with Crippen molar-refractivity contribution >= 4 is 5.97 Å². The number of hydrogen-bond acceptors (Lipinski definition) is 3. The molecular weight excluding hydrogens is 266 g/mol. The average Bonchev–Trinajstić information content (AvgIpc) is 2.81. The zero-order valence-corrected chi connectivity index (χ0v) is 13.2. The lowest BCUT2D eigenvalue weighted by Crippen LogP contribution is -2.48. The van der Waals surface area contributed by atoms with Crippen LogP contribution < -0.4 is 4.74 Å². The van der Waals surface area contributed by atoms with Crippen molar-refractivity contribution in [2.24, 2.45) is 0 Å². The Kier molecular flexibility index (Phi) is 4.88. The fourth-order valence-corrected chi connectivity index (χ4v) is 2.92. The van der Waals surface area contributed by atoms with Crippen LogP contribution in [-0.4, -0.2) is 41.2 Å². The fourth-order valence-electron chi connectivity index (χ4n) is 2.92. The third kappa shape index (κ3) is 3.56. The molecule has 116 valence electrons. The van der Waals surface area contributed by atoms with Crippen LogP contribution in [-0.2, 0) is 4.79 Å². The molecule has 1 aliphatic heterocycles. The second-order valence-electron chi connectivity index (χ2n) is 6.14. The number of likely N-dealkylation sites (tertiary alicyclic amines) is 1. The highest BCUT2D eigenvalue weighted by molar-refractivity contribution is 5.78. The molecule has 1 fully saturated rings. The SMILES string of the molecule is Cc1ccc(C)c(OCCCN2CCCC2(C)C(=O)O)c1. The Morgan fingerprint density at radius 3 is 2.90 bits per heavy atom. The second-order valence-corrected chi connectivity index (χ2v) is 6.14. The van der Waals surface area contributed by atoms with Crippen LogP contribution in [0.25, 0.3) is 0 Å². The van der Waals surface area contributed by atoms with E-state index in [9.17, 15) is 9.90 Å². The van der Waals surface area contributed by atoms with Crippen LogP contribution in [0.3, 0.4) is 0 Å². The molecule has 1 saturated heterocycles. The van der Waals surface area contributed by atoms with Crippen LogP contribution in [0.1, 0.15) is 37.3 Å². The van der Waals surface area contributed by atoms with E-state index in [0.717, 1.165) is 43.7 Å². The minimum atomic E-state index is -0.713. The van der Waals surface area contributed by atoms with Crippen molar-refractivity contribution in [2.75, 3.05) is 19.7 Å². The quantitative estimate of drug-likeness (QED) is 0.819. The van der Waals surface area contributed by atoms with E-state index in [0.29, 0.717) is 6.61 Å². The van der Waals surface area contributed by atoms with Gasteiger partial charge in [0.05, 0.1) is 6.61 Å². The number of benzene rings is 1. The Hall–Kier alpha value is -1.55. The second kappa shape index (κ2) is 6.48. The largest absolute Gasteiger partial charge is 0.493 e. The normalized spacial score (nSPS) is 22.4. The van der Waals surface area contributed by atoms with E-state index >= 15 is 0 Å². The minimum absolute atomic E-state index is 0.622. The summed E-state index contributed by atoms with van der Waals surface area (Å²) >= 11 is 0. The molecule has 4 heteroatoms. The molecule has 0 spiro atoms. The van der Waals surface area contributed by atoms with Gasteiger partial charge < -0.3 is 9.84 Å². The van der Waals surface area contributed by atoms with Crippen molar-refractivity contribution in [3.63, 3.8) is 0 Å². The Balaban J connectivity index is 1.82. The van der Waals surface area contributed by atoms with E-state index in [1.54, 1.807) is 0 Å². The number of carboxylic acid groups (broad SMARTS) is 1. The van der Waals surface area contributed by atoms with Crippen molar-refractivity contribution in [3.8, 4) is 5.75 Å². The van der Waals surface area contributed by atoms with Gasteiger partial charge in [0.1, 0.15) is 11.3 Å². The number of aliphatic carboxylic acids is 1. The summed E-state index contributed by atoms with van der Waals surface area (Å²) in [5, 5.41) is 9.37. The first-order valence-electron chi connectivity index (χ1n) is 7.62. The van der Waals surface area contributed by atoms with Crippen LogP contribution in [0, 0.1) is 13.8 Å². The van der Waals surface area contributed by atoms with Crippen LogP contribution in [0.4, 0.5) is 0 Å². The topological polar surface area (TPSA) is 49.8 Å². The third-order valence-corrected chi connectivity index (χ3v) is 4.42. The highest BCUT2D eigenvalue weighted by Crippen LogP contribution is 2.29. The Bertz CT molecular complexity index is 515. The first-order chi connectivity index (χ1) is 9.93. The molecule has 1 heterocycles. The molecule has 0 amide bonds. The summed E-state index contributed by atoms with van der Waals surface area (Å²) in [7, 11) is 0. The van der Waals surface area contributed by atoms with Gasteiger partial charge in [-0.2, -0.15) is 0 Å². The molecule has 1 aromatic rings. The van der Waals surface area contributed by atoms with Crippen LogP contribution >= 0.6 is 0 Å². The molecule has 1 unspecified atom stereocenters. The Morgan fingerprint density at radius 2 is 2.19 bits per heavy atom. The Morgan fingerprint density at radius 1 is 1.43 bits per heavy atom. The molecule has 0 aromatic heterocycles. The number of hydrogen-bond donors (Lipinski definition) is 1.